The summed E-state index contributed by atoms with van der Waals surface area (Å²) in [5.41, 5.74) is 0. The van der Waals surface area contributed by atoms with Crippen LogP contribution in [0.3, 0.4) is 0 Å². The first-order valence-corrected chi connectivity index (χ1v) is 6.20. The monoisotopic (exact) mass is 224 g/mol. The van der Waals surface area contributed by atoms with E-state index in [9.17, 15) is 0 Å². The van der Waals surface area contributed by atoms with Gasteiger partial charge < -0.3 is 5.32 Å². The SMILES string of the molecule is CCCn1ncnc1CC(C)C(C)CNC. The van der Waals surface area contributed by atoms with Crippen molar-refractivity contribution in [1.29, 1.82) is 0 Å². The Balaban J connectivity index is 2.54. The van der Waals surface area contributed by atoms with Crippen molar-refractivity contribution >= 4 is 0 Å². The Morgan fingerprint density at radius 1 is 1.38 bits per heavy atom. The highest BCUT2D eigenvalue weighted by Crippen LogP contribution is 2.15. The molecule has 0 saturated carbocycles. The van der Waals surface area contributed by atoms with Crippen molar-refractivity contribution in [3.05, 3.63) is 12.2 Å². The van der Waals surface area contributed by atoms with Crippen molar-refractivity contribution in [2.45, 2.75) is 40.2 Å². The molecule has 0 amide bonds. The molecule has 2 atom stereocenters. The van der Waals surface area contributed by atoms with E-state index in [2.05, 4.69) is 36.2 Å². The normalized spacial score (nSPS) is 15.0. The van der Waals surface area contributed by atoms with E-state index in [0.717, 1.165) is 31.8 Å². The van der Waals surface area contributed by atoms with Crippen LogP contribution in [0, 0.1) is 11.8 Å². The van der Waals surface area contributed by atoms with Crippen LogP contribution in [0.1, 0.15) is 33.0 Å². The zero-order chi connectivity index (χ0) is 12.0. The maximum Gasteiger partial charge on any atom is 0.138 e. The van der Waals surface area contributed by atoms with Gasteiger partial charge in [-0.3, -0.25) is 4.68 Å². The summed E-state index contributed by atoms with van der Waals surface area (Å²) >= 11 is 0. The Labute approximate surface area is 98.5 Å². The molecule has 1 N–H and O–H groups in total. The molecule has 2 unspecified atom stereocenters. The Bertz CT molecular complexity index is 295. The third kappa shape index (κ3) is 3.59. The van der Waals surface area contributed by atoms with Crippen LogP contribution < -0.4 is 5.32 Å². The lowest BCUT2D eigenvalue weighted by molar-refractivity contribution is 0.361. The van der Waals surface area contributed by atoms with Crippen molar-refractivity contribution in [3.63, 3.8) is 0 Å². The highest BCUT2D eigenvalue weighted by Gasteiger charge is 2.15. The third-order valence-electron chi connectivity index (χ3n) is 3.13. The van der Waals surface area contributed by atoms with Gasteiger partial charge in [0.15, 0.2) is 0 Å². The molecule has 0 aliphatic rings. The molecule has 0 aromatic carbocycles. The zero-order valence-corrected chi connectivity index (χ0v) is 10.9. The average Bonchev–Trinajstić information content (AvgIpc) is 2.67. The molecule has 0 saturated heterocycles. The van der Waals surface area contributed by atoms with Crippen LogP contribution in [0.5, 0.6) is 0 Å². The third-order valence-corrected chi connectivity index (χ3v) is 3.13. The van der Waals surface area contributed by atoms with Crippen molar-refractivity contribution < 1.29 is 0 Å². The summed E-state index contributed by atoms with van der Waals surface area (Å²) in [6.45, 7) is 8.76. The van der Waals surface area contributed by atoms with E-state index in [1.807, 2.05) is 11.7 Å². The molecule has 0 fully saturated rings. The minimum absolute atomic E-state index is 0.632. The molecule has 0 aliphatic carbocycles. The number of nitrogens with zero attached hydrogens (tertiary/aromatic N) is 3. The van der Waals surface area contributed by atoms with Crippen LogP contribution in [-0.2, 0) is 13.0 Å². The van der Waals surface area contributed by atoms with Gasteiger partial charge >= 0.3 is 0 Å². The van der Waals surface area contributed by atoms with Crippen LogP contribution in [0.2, 0.25) is 0 Å². The summed E-state index contributed by atoms with van der Waals surface area (Å²) < 4.78 is 2.03. The highest BCUT2D eigenvalue weighted by molar-refractivity contribution is 4.87. The van der Waals surface area contributed by atoms with Gasteiger partial charge in [-0.15, -0.1) is 0 Å². The summed E-state index contributed by atoms with van der Waals surface area (Å²) in [7, 11) is 2.00. The molecule has 0 radical (unpaired) electrons. The average molecular weight is 224 g/mol. The Morgan fingerprint density at radius 3 is 2.75 bits per heavy atom. The van der Waals surface area contributed by atoms with Crippen LogP contribution in [0.25, 0.3) is 0 Å². The van der Waals surface area contributed by atoms with Crippen LogP contribution in [0.4, 0.5) is 0 Å². The number of aromatic nitrogens is 3. The predicted molar refractivity (Wildman–Crippen MR) is 66.3 cm³/mol. The van der Waals surface area contributed by atoms with Gasteiger partial charge in [0.05, 0.1) is 0 Å². The van der Waals surface area contributed by atoms with E-state index in [1.165, 1.54) is 0 Å². The molecule has 1 aromatic heterocycles. The minimum Gasteiger partial charge on any atom is -0.319 e. The maximum atomic E-state index is 4.35. The molecule has 4 nitrogen and oxygen atoms in total. The van der Waals surface area contributed by atoms with Gasteiger partial charge in [-0.1, -0.05) is 20.8 Å². The first-order valence-electron chi connectivity index (χ1n) is 6.20. The van der Waals surface area contributed by atoms with E-state index in [0.29, 0.717) is 11.8 Å². The number of hydrogen-bond acceptors (Lipinski definition) is 3. The Morgan fingerprint density at radius 2 is 2.12 bits per heavy atom. The summed E-state index contributed by atoms with van der Waals surface area (Å²) in [6.07, 6.45) is 3.79. The molecule has 0 aliphatic heterocycles. The topological polar surface area (TPSA) is 42.7 Å². The highest BCUT2D eigenvalue weighted by atomic mass is 15.3. The first kappa shape index (κ1) is 13.2. The van der Waals surface area contributed by atoms with E-state index in [4.69, 9.17) is 0 Å². The number of hydrogen-bond donors (Lipinski definition) is 1. The van der Waals surface area contributed by atoms with Gasteiger partial charge in [-0.25, -0.2) is 4.98 Å². The summed E-state index contributed by atoms with van der Waals surface area (Å²) in [4.78, 5) is 4.35. The molecule has 0 spiro atoms. The van der Waals surface area contributed by atoms with Gasteiger partial charge in [0.25, 0.3) is 0 Å². The minimum atomic E-state index is 0.632. The fourth-order valence-corrected chi connectivity index (χ4v) is 1.86. The standard InChI is InChI=1S/C12H24N4/c1-5-6-16-12(14-9-15-16)7-10(2)11(3)8-13-4/h9-11,13H,5-8H2,1-4H3. The van der Waals surface area contributed by atoms with Gasteiger partial charge in [0, 0.05) is 13.0 Å². The molecule has 1 rings (SSSR count). The Hall–Kier alpha value is -0.900. The van der Waals surface area contributed by atoms with Crippen molar-refractivity contribution in [2.24, 2.45) is 11.8 Å². The molecule has 1 aromatic rings. The quantitative estimate of drug-likeness (QED) is 0.767. The molecular formula is C12H24N4. The van der Waals surface area contributed by atoms with E-state index in [1.54, 1.807) is 6.33 Å². The van der Waals surface area contributed by atoms with Gasteiger partial charge in [-0.2, -0.15) is 5.10 Å². The lowest BCUT2D eigenvalue weighted by Gasteiger charge is -2.19. The number of aryl methyl sites for hydroxylation is 1. The Kier molecular flexibility index (Phi) is 5.46. The number of nitrogens with one attached hydrogen (secondary N) is 1. The molecular weight excluding hydrogens is 200 g/mol. The van der Waals surface area contributed by atoms with Gasteiger partial charge in [0.1, 0.15) is 12.2 Å². The second-order valence-electron chi connectivity index (χ2n) is 4.62. The summed E-state index contributed by atoms with van der Waals surface area (Å²) in [5.74, 6) is 2.42. The summed E-state index contributed by atoms with van der Waals surface area (Å²) in [5, 5.41) is 7.48. The van der Waals surface area contributed by atoms with Crippen LogP contribution in [0.15, 0.2) is 6.33 Å². The van der Waals surface area contributed by atoms with Gasteiger partial charge in [0.2, 0.25) is 0 Å². The largest absolute Gasteiger partial charge is 0.319 e. The fourth-order valence-electron chi connectivity index (χ4n) is 1.86. The molecule has 1 heterocycles. The van der Waals surface area contributed by atoms with E-state index < -0.39 is 0 Å². The van der Waals surface area contributed by atoms with E-state index >= 15 is 0 Å². The first-order chi connectivity index (χ1) is 7.69. The summed E-state index contributed by atoms with van der Waals surface area (Å²) in [6, 6.07) is 0. The van der Waals surface area contributed by atoms with Crippen LogP contribution >= 0.6 is 0 Å². The molecule has 0 bridgehead atoms. The molecule has 16 heavy (non-hydrogen) atoms. The fraction of sp³-hybridized carbons (Fsp3) is 0.833. The molecule has 4 heteroatoms. The van der Waals surface area contributed by atoms with Crippen LogP contribution in [-0.4, -0.2) is 28.4 Å². The van der Waals surface area contributed by atoms with Crippen molar-refractivity contribution in [2.75, 3.05) is 13.6 Å². The van der Waals surface area contributed by atoms with Crippen molar-refractivity contribution in [3.8, 4) is 0 Å². The lowest BCUT2D eigenvalue weighted by atomic mass is 9.92. The van der Waals surface area contributed by atoms with Crippen molar-refractivity contribution in [1.82, 2.24) is 20.1 Å². The number of rotatable bonds is 7. The maximum absolute atomic E-state index is 4.35. The smallest absolute Gasteiger partial charge is 0.138 e. The molecule has 92 valence electrons. The second kappa shape index (κ2) is 6.63. The zero-order valence-electron chi connectivity index (χ0n) is 10.9. The predicted octanol–water partition coefficient (Wildman–Crippen LogP) is 1.72. The van der Waals surface area contributed by atoms with E-state index in [-0.39, 0.29) is 0 Å². The lowest BCUT2D eigenvalue weighted by Crippen LogP contribution is -2.24. The second-order valence-corrected chi connectivity index (χ2v) is 4.62. The van der Waals surface area contributed by atoms with Gasteiger partial charge in [-0.05, 0) is 31.8 Å².